The van der Waals surface area contributed by atoms with Crippen molar-refractivity contribution in [3.05, 3.63) is 6.07 Å². The monoisotopic (exact) mass is 229 g/mol. The van der Waals surface area contributed by atoms with Crippen LogP contribution in [0, 0.1) is 0 Å². The van der Waals surface area contributed by atoms with E-state index >= 15 is 0 Å². The Labute approximate surface area is 92.6 Å². The highest BCUT2D eigenvalue weighted by Gasteiger charge is 2.09. The van der Waals surface area contributed by atoms with Crippen LogP contribution in [0.4, 0.5) is 11.4 Å². The highest BCUT2D eigenvalue weighted by Crippen LogP contribution is 2.28. The van der Waals surface area contributed by atoms with Crippen LogP contribution in [0.5, 0.6) is 11.8 Å². The number of nitrogens with zero attached hydrogens (tertiary/aromatic N) is 1. The number of aromatic nitrogens is 1. The molecule has 1 aromatic rings. The summed E-state index contributed by atoms with van der Waals surface area (Å²) in [6.45, 7) is -0.113. The predicted molar refractivity (Wildman–Crippen MR) is 58.2 cm³/mol. The molecule has 0 atom stereocenters. The van der Waals surface area contributed by atoms with Crippen LogP contribution in [0.2, 0.25) is 0 Å². The third kappa shape index (κ3) is 3.14. The molecule has 0 spiro atoms. The number of hydrogen-bond donors (Lipinski definition) is 4. The third-order valence-electron chi connectivity index (χ3n) is 1.67. The Balaban J connectivity index is 2.83. The average Bonchev–Trinajstić information content (AvgIpc) is 2.26. The van der Waals surface area contributed by atoms with Gasteiger partial charge in [-0.3, -0.25) is 0 Å². The zero-order chi connectivity index (χ0) is 12.0. The van der Waals surface area contributed by atoms with Gasteiger partial charge in [0.2, 0.25) is 11.8 Å². The molecule has 0 radical (unpaired) electrons. The van der Waals surface area contributed by atoms with E-state index in [1.54, 1.807) is 0 Å². The molecule has 0 saturated heterocycles. The van der Waals surface area contributed by atoms with Gasteiger partial charge in [-0.1, -0.05) is 0 Å². The zero-order valence-electron chi connectivity index (χ0n) is 8.72. The lowest BCUT2D eigenvalue weighted by Gasteiger charge is -2.11. The Hall–Kier alpha value is -1.73. The van der Waals surface area contributed by atoms with Gasteiger partial charge in [-0.05, 0) is 6.07 Å². The van der Waals surface area contributed by atoms with Crippen molar-refractivity contribution in [1.29, 1.82) is 0 Å². The van der Waals surface area contributed by atoms with Gasteiger partial charge in [-0.2, -0.15) is 4.98 Å². The van der Waals surface area contributed by atoms with Crippen molar-refractivity contribution < 1.29 is 19.7 Å². The fraction of sp³-hybridized carbons (Fsp3) is 0.444. The molecule has 1 rings (SSSR count). The van der Waals surface area contributed by atoms with Crippen LogP contribution in [0.1, 0.15) is 0 Å². The Bertz CT molecular complexity index is 317. The lowest BCUT2D eigenvalue weighted by molar-refractivity contribution is 0.186. The summed E-state index contributed by atoms with van der Waals surface area (Å²) >= 11 is 0. The van der Waals surface area contributed by atoms with Gasteiger partial charge in [0.05, 0.1) is 24.6 Å². The number of pyridine rings is 1. The summed E-state index contributed by atoms with van der Waals surface area (Å²) in [6.07, 6.45) is 0. The number of nitrogen functional groups attached to an aromatic ring is 2. The van der Waals surface area contributed by atoms with E-state index in [1.807, 2.05) is 0 Å². The number of hydrogen-bond acceptors (Lipinski definition) is 7. The molecule has 90 valence electrons. The Morgan fingerprint density at radius 3 is 1.81 bits per heavy atom. The molecule has 7 nitrogen and oxygen atoms in total. The summed E-state index contributed by atoms with van der Waals surface area (Å²) in [4.78, 5) is 3.93. The van der Waals surface area contributed by atoms with Crippen LogP contribution in [-0.2, 0) is 0 Å². The summed E-state index contributed by atoms with van der Waals surface area (Å²) in [7, 11) is 0. The fourth-order valence-corrected chi connectivity index (χ4v) is 1.03. The van der Waals surface area contributed by atoms with E-state index in [4.69, 9.17) is 31.2 Å². The van der Waals surface area contributed by atoms with E-state index in [0.29, 0.717) is 0 Å². The predicted octanol–water partition coefficient (Wildman–Crippen LogP) is -1.01. The summed E-state index contributed by atoms with van der Waals surface area (Å²) in [5.74, 6) is 0.298. The fourth-order valence-electron chi connectivity index (χ4n) is 1.03. The molecule has 1 heterocycles. The summed E-state index contributed by atoms with van der Waals surface area (Å²) in [5, 5.41) is 17.2. The zero-order valence-corrected chi connectivity index (χ0v) is 8.72. The van der Waals surface area contributed by atoms with Gasteiger partial charge in [0.15, 0.2) is 0 Å². The van der Waals surface area contributed by atoms with Crippen molar-refractivity contribution in [1.82, 2.24) is 4.98 Å². The second-order valence-corrected chi connectivity index (χ2v) is 2.92. The van der Waals surface area contributed by atoms with E-state index in [2.05, 4.69) is 4.98 Å². The SMILES string of the molecule is Nc1cc(N)c(OCCO)nc1OCCO. The summed E-state index contributed by atoms with van der Waals surface area (Å²) in [5.41, 5.74) is 11.7. The maximum Gasteiger partial charge on any atom is 0.240 e. The van der Waals surface area contributed by atoms with E-state index in [-0.39, 0.29) is 49.6 Å². The summed E-state index contributed by atoms with van der Waals surface area (Å²) in [6, 6.07) is 1.45. The minimum Gasteiger partial charge on any atom is -0.474 e. The van der Waals surface area contributed by atoms with Crippen molar-refractivity contribution in [2.24, 2.45) is 0 Å². The van der Waals surface area contributed by atoms with Gasteiger partial charge < -0.3 is 31.2 Å². The van der Waals surface area contributed by atoms with Gasteiger partial charge in [0.25, 0.3) is 0 Å². The van der Waals surface area contributed by atoms with E-state index < -0.39 is 0 Å². The molecule has 0 aromatic carbocycles. The van der Waals surface area contributed by atoms with Gasteiger partial charge in [0.1, 0.15) is 13.2 Å². The smallest absolute Gasteiger partial charge is 0.240 e. The minimum absolute atomic E-state index is 0.0839. The molecule has 6 N–H and O–H groups in total. The second-order valence-electron chi connectivity index (χ2n) is 2.92. The van der Waals surface area contributed by atoms with Crippen molar-refractivity contribution in [2.75, 3.05) is 37.9 Å². The standard InChI is InChI=1S/C9H15N3O4/c10-6-5-7(11)9(16-4-2-14)12-8(6)15-3-1-13/h5,13-14H,1-4,10-11H2. The maximum absolute atomic E-state index is 8.60. The van der Waals surface area contributed by atoms with Crippen LogP contribution in [0.3, 0.4) is 0 Å². The van der Waals surface area contributed by atoms with E-state index in [0.717, 1.165) is 0 Å². The number of ether oxygens (including phenoxy) is 2. The number of anilines is 2. The van der Waals surface area contributed by atoms with Crippen molar-refractivity contribution in [2.45, 2.75) is 0 Å². The molecule has 0 unspecified atom stereocenters. The molecular weight excluding hydrogens is 214 g/mol. The number of nitrogens with two attached hydrogens (primary N) is 2. The molecule has 0 fully saturated rings. The first kappa shape index (κ1) is 12.3. The molecular formula is C9H15N3O4. The minimum atomic E-state index is -0.141. The Morgan fingerprint density at radius 2 is 1.44 bits per heavy atom. The molecule has 0 aliphatic carbocycles. The molecule has 0 bridgehead atoms. The molecule has 0 aliphatic rings. The molecule has 0 amide bonds. The lowest BCUT2D eigenvalue weighted by atomic mass is 10.3. The van der Waals surface area contributed by atoms with Crippen LogP contribution < -0.4 is 20.9 Å². The Kier molecular flexibility index (Phi) is 4.62. The largest absolute Gasteiger partial charge is 0.474 e. The van der Waals surface area contributed by atoms with Gasteiger partial charge in [0, 0.05) is 0 Å². The quantitative estimate of drug-likeness (QED) is 0.492. The normalized spacial score (nSPS) is 10.1. The average molecular weight is 229 g/mol. The Morgan fingerprint density at radius 1 is 1.00 bits per heavy atom. The van der Waals surface area contributed by atoms with Crippen LogP contribution in [-0.4, -0.2) is 41.6 Å². The van der Waals surface area contributed by atoms with Gasteiger partial charge in [-0.25, -0.2) is 0 Å². The third-order valence-corrected chi connectivity index (χ3v) is 1.67. The molecule has 1 aromatic heterocycles. The van der Waals surface area contributed by atoms with Crippen molar-refractivity contribution in [3.63, 3.8) is 0 Å². The second kappa shape index (κ2) is 5.99. The van der Waals surface area contributed by atoms with Crippen molar-refractivity contribution in [3.8, 4) is 11.8 Å². The van der Waals surface area contributed by atoms with Crippen LogP contribution in [0.15, 0.2) is 6.07 Å². The lowest BCUT2D eigenvalue weighted by Crippen LogP contribution is -2.10. The topological polar surface area (TPSA) is 124 Å². The number of aliphatic hydroxyl groups excluding tert-OH is 2. The van der Waals surface area contributed by atoms with Crippen LogP contribution >= 0.6 is 0 Å². The first-order valence-corrected chi connectivity index (χ1v) is 4.72. The molecule has 0 aliphatic heterocycles. The molecule has 0 saturated carbocycles. The molecule has 16 heavy (non-hydrogen) atoms. The van der Waals surface area contributed by atoms with Crippen LogP contribution in [0.25, 0.3) is 0 Å². The summed E-state index contributed by atoms with van der Waals surface area (Å²) < 4.78 is 10.2. The molecule has 7 heteroatoms. The number of aliphatic hydroxyl groups is 2. The van der Waals surface area contributed by atoms with E-state index in [9.17, 15) is 0 Å². The maximum atomic E-state index is 8.60. The highest BCUT2D eigenvalue weighted by atomic mass is 16.5. The first-order chi connectivity index (χ1) is 7.69. The van der Waals surface area contributed by atoms with Crippen molar-refractivity contribution >= 4 is 11.4 Å². The first-order valence-electron chi connectivity index (χ1n) is 4.72. The van der Waals surface area contributed by atoms with Gasteiger partial charge >= 0.3 is 0 Å². The van der Waals surface area contributed by atoms with Gasteiger partial charge in [-0.15, -0.1) is 0 Å². The highest BCUT2D eigenvalue weighted by molar-refractivity contribution is 5.62. The van der Waals surface area contributed by atoms with E-state index in [1.165, 1.54) is 6.07 Å². The number of rotatable bonds is 6.